The molecule has 0 aliphatic heterocycles. The molecule has 0 aliphatic rings. The first kappa shape index (κ1) is 15.7. The van der Waals surface area contributed by atoms with Crippen LogP contribution < -0.4 is 5.32 Å². The quantitative estimate of drug-likeness (QED) is 0.823. The number of ether oxygens (including phenoxy) is 1. The van der Waals surface area contributed by atoms with Gasteiger partial charge in [-0.2, -0.15) is 0 Å². The van der Waals surface area contributed by atoms with Crippen LogP contribution in [0.4, 0.5) is 4.39 Å². The number of rotatable bonds is 7. The Balaban J connectivity index is 2.03. The van der Waals surface area contributed by atoms with Gasteiger partial charge in [-0.3, -0.25) is 0 Å². The van der Waals surface area contributed by atoms with E-state index >= 15 is 0 Å². The normalized spacial score (nSPS) is 12.3. The van der Waals surface area contributed by atoms with E-state index in [0.717, 1.165) is 17.5 Å². The van der Waals surface area contributed by atoms with Crippen molar-refractivity contribution in [2.45, 2.75) is 32.5 Å². The minimum atomic E-state index is -0.148. The molecule has 112 valence electrons. The Morgan fingerprint density at radius 3 is 2.57 bits per heavy atom. The maximum atomic E-state index is 13.9. The predicted octanol–water partition coefficient (Wildman–Crippen LogP) is 4.21. The highest BCUT2D eigenvalue weighted by molar-refractivity contribution is 5.24. The Hall–Kier alpha value is -1.71. The summed E-state index contributed by atoms with van der Waals surface area (Å²) in [6.07, 6.45) is 0.846. The van der Waals surface area contributed by atoms with Gasteiger partial charge >= 0.3 is 0 Å². The van der Waals surface area contributed by atoms with Crippen molar-refractivity contribution in [3.63, 3.8) is 0 Å². The second-order valence-corrected chi connectivity index (χ2v) is 5.12. The van der Waals surface area contributed by atoms with Crippen molar-refractivity contribution >= 4 is 0 Å². The van der Waals surface area contributed by atoms with Crippen LogP contribution in [-0.4, -0.2) is 7.11 Å². The minimum absolute atomic E-state index is 0.0253. The molecule has 0 bridgehead atoms. The fourth-order valence-electron chi connectivity index (χ4n) is 2.47. The summed E-state index contributed by atoms with van der Waals surface area (Å²) in [7, 11) is 1.69. The average molecular weight is 287 g/mol. The first-order valence-electron chi connectivity index (χ1n) is 7.29. The average Bonchev–Trinajstić information content (AvgIpc) is 2.50. The molecule has 0 amide bonds. The predicted molar refractivity (Wildman–Crippen MR) is 83.4 cm³/mol. The molecule has 2 aromatic carbocycles. The number of hydrogen-bond acceptors (Lipinski definition) is 2. The molecular weight excluding hydrogens is 265 g/mol. The molecule has 1 unspecified atom stereocenters. The second-order valence-electron chi connectivity index (χ2n) is 5.12. The van der Waals surface area contributed by atoms with Crippen LogP contribution in [0.1, 0.15) is 36.1 Å². The Morgan fingerprint density at radius 1 is 1.10 bits per heavy atom. The van der Waals surface area contributed by atoms with Gasteiger partial charge in [0, 0.05) is 25.3 Å². The topological polar surface area (TPSA) is 21.3 Å². The molecule has 0 radical (unpaired) electrons. The molecule has 21 heavy (non-hydrogen) atoms. The van der Waals surface area contributed by atoms with Gasteiger partial charge in [-0.05, 0) is 23.6 Å². The Kier molecular flexibility index (Phi) is 5.90. The Labute approximate surface area is 126 Å². The molecule has 0 spiro atoms. The molecule has 0 fully saturated rings. The highest BCUT2D eigenvalue weighted by Gasteiger charge is 2.12. The van der Waals surface area contributed by atoms with E-state index in [1.54, 1.807) is 13.2 Å². The first-order chi connectivity index (χ1) is 10.2. The fraction of sp³-hybridized carbons (Fsp3) is 0.333. The van der Waals surface area contributed by atoms with Crippen molar-refractivity contribution < 1.29 is 9.13 Å². The van der Waals surface area contributed by atoms with E-state index in [0.29, 0.717) is 13.2 Å². The van der Waals surface area contributed by atoms with Gasteiger partial charge in [0.05, 0.1) is 6.61 Å². The summed E-state index contributed by atoms with van der Waals surface area (Å²) in [6.45, 7) is 3.38. The van der Waals surface area contributed by atoms with E-state index in [1.165, 1.54) is 11.6 Å². The molecule has 0 aliphatic carbocycles. The molecular formula is C18H22FNO. The molecule has 2 rings (SSSR count). The number of halogens is 1. The van der Waals surface area contributed by atoms with Crippen LogP contribution in [-0.2, 0) is 17.9 Å². The molecule has 2 nitrogen and oxygen atoms in total. The summed E-state index contributed by atoms with van der Waals surface area (Å²) < 4.78 is 19.0. The summed E-state index contributed by atoms with van der Waals surface area (Å²) in [4.78, 5) is 0. The van der Waals surface area contributed by atoms with E-state index < -0.39 is 0 Å². The zero-order valence-electron chi connectivity index (χ0n) is 12.6. The van der Waals surface area contributed by atoms with Crippen LogP contribution in [0.2, 0.25) is 0 Å². The lowest BCUT2D eigenvalue weighted by molar-refractivity contribution is 0.185. The highest BCUT2D eigenvalue weighted by atomic mass is 19.1. The van der Waals surface area contributed by atoms with E-state index in [9.17, 15) is 4.39 Å². The van der Waals surface area contributed by atoms with Crippen LogP contribution >= 0.6 is 0 Å². The van der Waals surface area contributed by atoms with Crippen molar-refractivity contribution in [3.05, 3.63) is 71.0 Å². The van der Waals surface area contributed by atoms with Crippen LogP contribution in [0.15, 0.2) is 48.5 Å². The van der Waals surface area contributed by atoms with Gasteiger partial charge in [-0.15, -0.1) is 0 Å². The highest BCUT2D eigenvalue weighted by Crippen LogP contribution is 2.20. The monoisotopic (exact) mass is 287 g/mol. The van der Waals surface area contributed by atoms with Crippen molar-refractivity contribution in [1.82, 2.24) is 5.32 Å². The minimum Gasteiger partial charge on any atom is -0.380 e. The summed E-state index contributed by atoms with van der Waals surface area (Å²) in [5.74, 6) is -0.148. The maximum absolute atomic E-state index is 13.9. The third kappa shape index (κ3) is 4.38. The number of nitrogens with one attached hydrogen (secondary N) is 1. The van der Waals surface area contributed by atoms with Gasteiger partial charge in [0.2, 0.25) is 0 Å². The van der Waals surface area contributed by atoms with Crippen LogP contribution in [0.25, 0.3) is 0 Å². The van der Waals surface area contributed by atoms with Gasteiger partial charge < -0.3 is 10.1 Å². The lowest BCUT2D eigenvalue weighted by Crippen LogP contribution is -2.21. The fourth-order valence-corrected chi connectivity index (χ4v) is 2.47. The number of benzene rings is 2. The Bertz CT molecular complexity index is 571. The third-order valence-electron chi connectivity index (χ3n) is 3.54. The molecule has 1 N–H and O–H groups in total. The summed E-state index contributed by atoms with van der Waals surface area (Å²) >= 11 is 0. The standard InChI is InChI=1S/C18H22FNO/c1-3-18(16-9-4-5-10-17(16)19)20-12-14-7-6-8-15(11-14)13-21-2/h4-11,18,20H,3,12-13H2,1-2H3. The van der Waals surface area contributed by atoms with Gasteiger partial charge in [0.1, 0.15) is 5.82 Å². The lowest BCUT2D eigenvalue weighted by atomic mass is 10.0. The zero-order chi connectivity index (χ0) is 15.1. The SMILES string of the molecule is CCC(NCc1cccc(COC)c1)c1ccccc1F. The van der Waals surface area contributed by atoms with Crippen LogP contribution in [0.5, 0.6) is 0 Å². The zero-order valence-corrected chi connectivity index (χ0v) is 12.6. The van der Waals surface area contributed by atoms with Crippen molar-refractivity contribution in [1.29, 1.82) is 0 Å². The van der Waals surface area contributed by atoms with E-state index in [1.807, 2.05) is 24.3 Å². The van der Waals surface area contributed by atoms with Crippen molar-refractivity contribution in [2.24, 2.45) is 0 Å². The molecule has 2 aromatic rings. The second kappa shape index (κ2) is 7.91. The van der Waals surface area contributed by atoms with Gasteiger partial charge in [-0.1, -0.05) is 49.4 Å². The molecule has 0 aromatic heterocycles. The molecule has 3 heteroatoms. The molecule has 0 saturated carbocycles. The lowest BCUT2D eigenvalue weighted by Gasteiger charge is -2.18. The van der Waals surface area contributed by atoms with E-state index in [-0.39, 0.29) is 11.9 Å². The van der Waals surface area contributed by atoms with Crippen molar-refractivity contribution in [3.8, 4) is 0 Å². The van der Waals surface area contributed by atoms with Crippen LogP contribution in [0, 0.1) is 5.82 Å². The largest absolute Gasteiger partial charge is 0.380 e. The first-order valence-corrected chi connectivity index (χ1v) is 7.29. The molecule has 1 atom stereocenters. The van der Waals surface area contributed by atoms with Gasteiger partial charge in [0.15, 0.2) is 0 Å². The summed E-state index contributed by atoms with van der Waals surface area (Å²) in [6, 6.07) is 15.2. The number of methoxy groups -OCH3 is 1. The van der Waals surface area contributed by atoms with Crippen LogP contribution in [0.3, 0.4) is 0 Å². The third-order valence-corrected chi connectivity index (χ3v) is 3.54. The number of hydrogen-bond donors (Lipinski definition) is 1. The van der Waals surface area contributed by atoms with E-state index in [2.05, 4.69) is 24.4 Å². The van der Waals surface area contributed by atoms with Crippen molar-refractivity contribution in [2.75, 3.05) is 7.11 Å². The van der Waals surface area contributed by atoms with Gasteiger partial charge in [-0.25, -0.2) is 4.39 Å². The molecule has 0 saturated heterocycles. The molecule has 0 heterocycles. The van der Waals surface area contributed by atoms with Gasteiger partial charge in [0.25, 0.3) is 0 Å². The van der Waals surface area contributed by atoms with E-state index in [4.69, 9.17) is 4.74 Å². The smallest absolute Gasteiger partial charge is 0.127 e. The summed E-state index contributed by atoms with van der Waals surface area (Å²) in [5.41, 5.74) is 3.06. The Morgan fingerprint density at radius 2 is 1.86 bits per heavy atom. The summed E-state index contributed by atoms with van der Waals surface area (Å²) in [5, 5.41) is 3.43. The maximum Gasteiger partial charge on any atom is 0.127 e.